The lowest BCUT2D eigenvalue weighted by Crippen LogP contribution is -2.20. The number of halogens is 1. The number of fused-ring (bicyclic) bond motifs is 2. The number of carbonyl (C=O) groups is 1. The van der Waals surface area contributed by atoms with Crippen molar-refractivity contribution in [3.63, 3.8) is 0 Å². The number of rotatable bonds is 5. The molecule has 12 heteroatoms. The van der Waals surface area contributed by atoms with Gasteiger partial charge in [-0.3, -0.25) is 14.1 Å². The average molecular weight is 474 g/mol. The molecule has 4 aromatic rings. The van der Waals surface area contributed by atoms with E-state index in [2.05, 4.69) is 14.1 Å². The number of aryl methyl sites for hydroxylation is 1. The molecule has 0 amide bonds. The first-order chi connectivity index (χ1) is 15.3. The minimum Gasteiger partial charge on any atom is -0.408 e. The topological polar surface area (TPSA) is 124 Å². The first kappa shape index (κ1) is 20.5. The third kappa shape index (κ3) is 3.60. The van der Waals surface area contributed by atoms with E-state index in [0.29, 0.717) is 12.8 Å². The minimum absolute atomic E-state index is 0.0214. The summed E-state index contributed by atoms with van der Waals surface area (Å²) >= 11 is 0.798. The highest BCUT2D eigenvalue weighted by molar-refractivity contribution is 7.93. The number of sulfonamides is 1. The molecule has 164 valence electrons. The Kier molecular flexibility index (Phi) is 4.90. The van der Waals surface area contributed by atoms with Gasteiger partial charge in [-0.25, -0.2) is 22.6 Å². The van der Waals surface area contributed by atoms with Crippen molar-refractivity contribution >= 4 is 43.6 Å². The number of anilines is 1. The van der Waals surface area contributed by atoms with Crippen molar-refractivity contribution in [2.45, 2.75) is 30.7 Å². The Morgan fingerprint density at radius 1 is 1.22 bits per heavy atom. The van der Waals surface area contributed by atoms with Crippen LogP contribution in [0.2, 0.25) is 0 Å². The number of Topliss-reactive ketones (excluding diaryl/α,β-unsaturated/α-hetero) is 1. The van der Waals surface area contributed by atoms with Gasteiger partial charge in [0.2, 0.25) is 5.13 Å². The second kappa shape index (κ2) is 7.64. The molecule has 1 N–H and O–H groups in total. The molecule has 0 saturated heterocycles. The van der Waals surface area contributed by atoms with E-state index in [9.17, 15) is 22.4 Å². The lowest BCUT2D eigenvalue weighted by molar-refractivity contribution is -0.118. The second-order valence-electron chi connectivity index (χ2n) is 7.33. The molecule has 0 spiro atoms. The van der Waals surface area contributed by atoms with Gasteiger partial charge in [0.1, 0.15) is 22.8 Å². The van der Waals surface area contributed by atoms with Crippen molar-refractivity contribution in [2.75, 3.05) is 4.72 Å². The largest absolute Gasteiger partial charge is 0.420 e. The van der Waals surface area contributed by atoms with Gasteiger partial charge in [0.15, 0.2) is 5.58 Å². The molecule has 2 aromatic carbocycles. The summed E-state index contributed by atoms with van der Waals surface area (Å²) in [4.78, 5) is 27.5. The molecule has 32 heavy (non-hydrogen) atoms. The molecule has 0 aliphatic heterocycles. The predicted octanol–water partition coefficient (Wildman–Crippen LogP) is 2.49. The van der Waals surface area contributed by atoms with Crippen LogP contribution in [-0.4, -0.2) is 28.1 Å². The van der Waals surface area contributed by atoms with Gasteiger partial charge in [0.25, 0.3) is 10.0 Å². The third-order valence-corrected chi connectivity index (χ3v) is 7.40. The summed E-state index contributed by atoms with van der Waals surface area (Å²) in [6, 6.07) is 7.53. The number of aromatic nitrogens is 3. The van der Waals surface area contributed by atoms with E-state index < -0.39 is 26.5 Å². The summed E-state index contributed by atoms with van der Waals surface area (Å²) in [5.74, 6) is -1.68. The highest BCUT2D eigenvalue weighted by Gasteiger charge is 2.25. The normalized spacial score (nSPS) is 14.0. The van der Waals surface area contributed by atoms with Gasteiger partial charge in [0.05, 0.1) is 12.1 Å². The maximum atomic E-state index is 14.8. The molecule has 0 saturated carbocycles. The zero-order chi connectivity index (χ0) is 22.5. The van der Waals surface area contributed by atoms with Gasteiger partial charge < -0.3 is 4.42 Å². The van der Waals surface area contributed by atoms with Crippen molar-refractivity contribution < 1.29 is 22.0 Å². The maximum Gasteiger partial charge on any atom is 0.420 e. The van der Waals surface area contributed by atoms with Crippen LogP contribution >= 0.6 is 11.5 Å². The standard InChI is InChI=1S/C20H15FN4O5S2/c21-15-7-16-17(8-18(15)32(28,29)24-19-22-10-23-31-19)30-20(27)25(16)9-12-3-1-2-11-4-5-13(26)6-14(11)12/h1-3,7-8,10H,4-6,9H2,(H,22,23,24). The zero-order valence-corrected chi connectivity index (χ0v) is 18.0. The number of oxazole rings is 1. The quantitative estimate of drug-likeness (QED) is 0.471. The number of hydrogen-bond acceptors (Lipinski definition) is 8. The number of hydrogen-bond donors (Lipinski definition) is 1. The fourth-order valence-electron chi connectivity index (χ4n) is 3.84. The summed E-state index contributed by atoms with van der Waals surface area (Å²) in [6.45, 7) is 0.0663. The first-order valence-electron chi connectivity index (χ1n) is 9.55. The van der Waals surface area contributed by atoms with Crippen LogP contribution in [0.5, 0.6) is 0 Å². The molecule has 9 nitrogen and oxygen atoms in total. The Balaban J connectivity index is 1.56. The SMILES string of the molecule is O=C1CCc2cccc(Cn3c(=O)oc4cc(S(=O)(=O)Nc5ncns5)c(F)cc43)c2C1. The summed E-state index contributed by atoms with van der Waals surface area (Å²) < 4.78 is 52.2. The monoisotopic (exact) mass is 474 g/mol. The van der Waals surface area contributed by atoms with E-state index in [1.807, 2.05) is 18.2 Å². The van der Waals surface area contributed by atoms with E-state index in [-0.39, 0.29) is 35.0 Å². The van der Waals surface area contributed by atoms with Crippen LogP contribution < -0.4 is 10.5 Å². The Hall–Kier alpha value is -3.38. The van der Waals surface area contributed by atoms with Gasteiger partial charge in [-0.15, -0.1) is 0 Å². The maximum absolute atomic E-state index is 14.8. The lowest BCUT2D eigenvalue weighted by Gasteiger charge is -2.18. The van der Waals surface area contributed by atoms with E-state index in [0.717, 1.165) is 46.7 Å². The van der Waals surface area contributed by atoms with Crippen molar-refractivity contribution in [1.29, 1.82) is 0 Å². The molecule has 2 aromatic heterocycles. The fourth-order valence-corrected chi connectivity index (χ4v) is 5.57. The Bertz CT molecular complexity index is 1520. The van der Waals surface area contributed by atoms with Crippen LogP contribution in [0.3, 0.4) is 0 Å². The van der Waals surface area contributed by atoms with Crippen LogP contribution in [0.1, 0.15) is 23.1 Å². The number of nitrogens with zero attached hydrogens (tertiary/aromatic N) is 3. The van der Waals surface area contributed by atoms with Gasteiger partial charge in [-0.05, 0) is 23.1 Å². The molecular weight excluding hydrogens is 459 g/mol. The van der Waals surface area contributed by atoms with E-state index in [1.54, 1.807) is 0 Å². The zero-order valence-electron chi connectivity index (χ0n) is 16.4. The van der Waals surface area contributed by atoms with Gasteiger partial charge in [-0.2, -0.15) is 4.37 Å². The molecule has 0 bridgehead atoms. The van der Waals surface area contributed by atoms with Crippen LogP contribution in [0.4, 0.5) is 9.52 Å². The predicted molar refractivity (Wildman–Crippen MR) is 114 cm³/mol. The van der Waals surface area contributed by atoms with Crippen LogP contribution in [0.15, 0.2) is 50.8 Å². The van der Waals surface area contributed by atoms with Crippen molar-refractivity contribution in [3.05, 3.63) is 69.7 Å². The van der Waals surface area contributed by atoms with Crippen LogP contribution in [-0.2, 0) is 34.2 Å². The van der Waals surface area contributed by atoms with E-state index in [1.165, 1.54) is 4.57 Å². The second-order valence-corrected chi connectivity index (χ2v) is 9.76. The smallest absolute Gasteiger partial charge is 0.408 e. The lowest BCUT2D eigenvalue weighted by atomic mass is 9.87. The van der Waals surface area contributed by atoms with Gasteiger partial charge >= 0.3 is 5.76 Å². The third-order valence-electron chi connectivity index (χ3n) is 5.34. The number of benzene rings is 2. The minimum atomic E-state index is -4.31. The number of nitrogens with one attached hydrogen (secondary N) is 1. The van der Waals surface area contributed by atoms with E-state index >= 15 is 0 Å². The van der Waals surface area contributed by atoms with Crippen molar-refractivity contribution in [1.82, 2.24) is 13.9 Å². The summed E-state index contributed by atoms with van der Waals surface area (Å²) in [7, 11) is -4.31. The highest BCUT2D eigenvalue weighted by atomic mass is 32.2. The summed E-state index contributed by atoms with van der Waals surface area (Å²) in [5, 5.41) is -0.0214. The van der Waals surface area contributed by atoms with Crippen LogP contribution in [0, 0.1) is 5.82 Å². The molecule has 2 heterocycles. The Morgan fingerprint density at radius 2 is 2.06 bits per heavy atom. The van der Waals surface area contributed by atoms with Crippen molar-refractivity contribution in [2.24, 2.45) is 0 Å². The molecule has 1 aliphatic rings. The molecular formula is C20H15FN4O5S2. The van der Waals surface area contributed by atoms with Crippen molar-refractivity contribution in [3.8, 4) is 0 Å². The molecule has 0 unspecified atom stereocenters. The first-order valence-corrected chi connectivity index (χ1v) is 11.8. The molecule has 5 rings (SSSR count). The Morgan fingerprint density at radius 3 is 2.84 bits per heavy atom. The van der Waals surface area contributed by atoms with E-state index in [4.69, 9.17) is 4.42 Å². The molecule has 1 aliphatic carbocycles. The molecule has 0 atom stereocenters. The molecule has 0 fully saturated rings. The Labute approximate surface area is 184 Å². The van der Waals surface area contributed by atoms with Gasteiger partial charge in [-0.1, -0.05) is 18.2 Å². The fraction of sp³-hybridized carbons (Fsp3) is 0.200. The average Bonchev–Trinajstić information content (AvgIpc) is 3.35. The highest BCUT2D eigenvalue weighted by Crippen LogP contribution is 2.27. The molecule has 0 radical (unpaired) electrons. The number of ketones is 1. The summed E-state index contributed by atoms with van der Waals surface area (Å²) in [5.41, 5.74) is 2.71. The number of carbonyl (C=O) groups excluding carboxylic acids is 1. The van der Waals surface area contributed by atoms with Crippen LogP contribution in [0.25, 0.3) is 11.1 Å². The van der Waals surface area contributed by atoms with Gasteiger partial charge in [0, 0.05) is 36.5 Å². The summed E-state index contributed by atoms with van der Waals surface area (Å²) in [6.07, 6.45) is 2.57.